The summed E-state index contributed by atoms with van der Waals surface area (Å²) >= 11 is 0. The highest BCUT2D eigenvalue weighted by Gasteiger charge is 2.20. The van der Waals surface area contributed by atoms with Gasteiger partial charge in [0.15, 0.2) is 0 Å². The molecule has 0 heterocycles. The third-order valence-corrected chi connectivity index (χ3v) is 6.64. The smallest absolute Gasteiger partial charge is 0.404 e. The number of primary amides is 1. The van der Waals surface area contributed by atoms with E-state index in [0.29, 0.717) is 39.1 Å². The first-order valence-corrected chi connectivity index (χ1v) is 15.2. The number of carbonyl (C=O) groups is 2. The van der Waals surface area contributed by atoms with E-state index in [1.54, 1.807) is 0 Å². The van der Waals surface area contributed by atoms with Crippen molar-refractivity contribution in [2.24, 2.45) is 5.73 Å². The second-order valence-corrected chi connectivity index (χ2v) is 10.2. The molecular weight excluding hydrogens is 494 g/mol. The molecular formula is C31H55N3O5. The van der Waals surface area contributed by atoms with Crippen LogP contribution in [0.3, 0.4) is 0 Å². The molecule has 0 bridgehead atoms. The maximum absolute atomic E-state index is 13.2. The van der Waals surface area contributed by atoms with E-state index >= 15 is 0 Å². The van der Waals surface area contributed by atoms with Crippen molar-refractivity contribution in [1.82, 2.24) is 10.6 Å². The Hall–Kier alpha value is -2.16. The topological polar surface area (TPSA) is 112 Å². The van der Waals surface area contributed by atoms with Gasteiger partial charge in [0, 0.05) is 26.3 Å². The summed E-state index contributed by atoms with van der Waals surface area (Å²) in [5.74, 6) is -0.0575. The van der Waals surface area contributed by atoms with Crippen LogP contribution in [-0.2, 0) is 25.5 Å². The van der Waals surface area contributed by atoms with Crippen LogP contribution in [0.1, 0.15) is 103 Å². The average molecular weight is 550 g/mol. The first kappa shape index (κ1) is 34.9. The lowest BCUT2D eigenvalue weighted by molar-refractivity contribution is -0.124. The highest BCUT2D eigenvalue weighted by atomic mass is 16.5. The fraction of sp³-hybridized carbons (Fsp3) is 0.742. The van der Waals surface area contributed by atoms with E-state index in [1.807, 2.05) is 30.3 Å². The molecule has 0 radical (unpaired) electrons. The monoisotopic (exact) mass is 549 g/mol. The Bertz CT molecular complexity index is 719. The van der Waals surface area contributed by atoms with Crippen LogP contribution in [0.5, 0.6) is 0 Å². The lowest BCUT2D eigenvalue weighted by Gasteiger charge is -2.22. The number of nitrogens with one attached hydrogen (secondary N) is 2. The van der Waals surface area contributed by atoms with Gasteiger partial charge in [-0.25, -0.2) is 4.79 Å². The summed E-state index contributed by atoms with van der Waals surface area (Å²) < 4.78 is 16.9. The number of carbonyl (C=O) groups excluding carboxylic acids is 2. The van der Waals surface area contributed by atoms with Gasteiger partial charge in [-0.15, -0.1) is 0 Å². The molecule has 0 aromatic heterocycles. The summed E-state index contributed by atoms with van der Waals surface area (Å²) in [6, 6.07) is 9.65. The Labute approximate surface area is 237 Å². The molecule has 224 valence electrons. The van der Waals surface area contributed by atoms with Crippen LogP contribution in [-0.4, -0.2) is 57.1 Å². The fourth-order valence-electron chi connectivity index (χ4n) is 4.27. The number of benzene rings is 1. The minimum atomic E-state index is -0.772. The molecule has 2 atom stereocenters. The largest absolute Gasteiger partial charge is 0.450 e. The molecule has 0 saturated carbocycles. The van der Waals surface area contributed by atoms with E-state index in [2.05, 4.69) is 24.5 Å². The molecule has 39 heavy (non-hydrogen) atoms. The van der Waals surface area contributed by atoms with Gasteiger partial charge in [-0.2, -0.15) is 0 Å². The molecule has 2 unspecified atom stereocenters. The molecule has 1 aromatic rings. The number of hydrogen-bond donors (Lipinski definition) is 3. The molecule has 0 aliphatic rings. The Morgan fingerprint density at radius 2 is 1.46 bits per heavy atom. The summed E-state index contributed by atoms with van der Waals surface area (Å²) in [6.07, 6.45) is 12.9. The number of hydrogen-bond acceptors (Lipinski definition) is 6. The molecule has 8 nitrogen and oxygen atoms in total. The molecule has 1 aromatic carbocycles. The molecule has 0 fully saturated rings. The number of ether oxygens (including phenoxy) is 3. The number of unbranched alkanes of at least 4 members (excludes halogenated alkanes) is 9. The van der Waals surface area contributed by atoms with E-state index in [4.69, 9.17) is 19.9 Å². The van der Waals surface area contributed by atoms with Crippen molar-refractivity contribution in [2.45, 2.75) is 116 Å². The first-order valence-electron chi connectivity index (χ1n) is 15.2. The zero-order chi connectivity index (χ0) is 28.4. The SMILES string of the molecule is CCCCCCCOCC(CNC(=O)C(CCCCOC(N)=O)NCc1ccccc1)OCCCCCCC. The maximum atomic E-state index is 13.2. The van der Waals surface area contributed by atoms with Gasteiger partial charge in [-0.05, 0) is 37.7 Å². The molecule has 4 N–H and O–H groups in total. The number of rotatable bonds is 26. The van der Waals surface area contributed by atoms with E-state index in [0.717, 1.165) is 37.9 Å². The van der Waals surface area contributed by atoms with Crippen molar-refractivity contribution in [2.75, 3.05) is 33.0 Å². The van der Waals surface area contributed by atoms with Crippen molar-refractivity contribution in [3.8, 4) is 0 Å². The minimum Gasteiger partial charge on any atom is -0.450 e. The van der Waals surface area contributed by atoms with Gasteiger partial charge in [0.1, 0.15) is 0 Å². The fourth-order valence-corrected chi connectivity index (χ4v) is 4.27. The first-order chi connectivity index (χ1) is 19.1. The standard InChI is InChI=1S/C31H55N3O5/c1-3-5-7-9-15-21-37-26-28(38-22-16-10-8-6-4-2)25-34-30(35)29(20-14-17-23-39-31(32)36)33-24-27-18-12-11-13-19-27/h11-13,18-19,28-29,33H,3-10,14-17,20-26H2,1-2H3,(H2,32,36)(H,34,35). The number of nitrogens with two attached hydrogens (primary N) is 1. The zero-order valence-corrected chi connectivity index (χ0v) is 24.6. The lowest BCUT2D eigenvalue weighted by Crippen LogP contribution is -2.47. The summed E-state index contributed by atoms with van der Waals surface area (Å²) in [6.45, 7) is 7.58. The van der Waals surface area contributed by atoms with Gasteiger partial charge in [0.2, 0.25) is 5.91 Å². The Morgan fingerprint density at radius 3 is 2.13 bits per heavy atom. The van der Waals surface area contributed by atoms with E-state index in [9.17, 15) is 9.59 Å². The Morgan fingerprint density at radius 1 is 0.821 bits per heavy atom. The number of amides is 2. The molecule has 0 spiro atoms. The van der Waals surface area contributed by atoms with Crippen molar-refractivity contribution < 1.29 is 23.8 Å². The van der Waals surface area contributed by atoms with Crippen LogP contribution < -0.4 is 16.4 Å². The lowest BCUT2D eigenvalue weighted by atomic mass is 10.1. The maximum Gasteiger partial charge on any atom is 0.404 e. The third kappa shape index (κ3) is 20.4. The van der Waals surface area contributed by atoms with Crippen LogP contribution in [0, 0.1) is 0 Å². The van der Waals surface area contributed by atoms with Crippen LogP contribution >= 0.6 is 0 Å². The summed E-state index contributed by atoms with van der Waals surface area (Å²) in [7, 11) is 0. The van der Waals surface area contributed by atoms with E-state index < -0.39 is 6.09 Å². The second kappa shape index (κ2) is 24.9. The minimum absolute atomic E-state index is 0.0575. The van der Waals surface area contributed by atoms with Gasteiger partial charge in [-0.1, -0.05) is 95.5 Å². The quantitative estimate of drug-likeness (QED) is 0.125. The second-order valence-electron chi connectivity index (χ2n) is 10.2. The predicted molar refractivity (Wildman–Crippen MR) is 158 cm³/mol. The van der Waals surface area contributed by atoms with Crippen molar-refractivity contribution in [1.29, 1.82) is 0 Å². The summed E-state index contributed by atoms with van der Waals surface area (Å²) in [4.78, 5) is 24.0. The molecule has 1 rings (SSSR count). The molecule has 0 aliphatic carbocycles. The van der Waals surface area contributed by atoms with Crippen LogP contribution in [0.25, 0.3) is 0 Å². The van der Waals surface area contributed by atoms with Crippen molar-refractivity contribution in [3.05, 3.63) is 35.9 Å². The Kier molecular flexibility index (Phi) is 22.2. The van der Waals surface area contributed by atoms with E-state index in [1.165, 1.54) is 44.9 Å². The highest BCUT2D eigenvalue weighted by Crippen LogP contribution is 2.08. The van der Waals surface area contributed by atoms with Gasteiger partial charge in [0.25, 0.3) is 0 Å². The predicted octanol–water partition coefficient (Wildman–Crippen LogP) is 5.87. The average Bonchev–Trinajstić information content (AvgIpc) is 2.94. The van der Waals surface area contributed by atoms with Gasteiger partial charge >= 0.3 is 6.09 Å². The summed E-state index contributed by atoms with van der Waals surface area (Å²) in [5, 5.41) is 6.49. The van der Waals surface area contributed by atoms with Gasteiger partial charge in [-0.3, -0.25) is 4.79 Å². The van der Waals surface area contributed by atoms with Crippen molar-refractivity contribution in [3.63, 3.8) is 0 Å². The van der Waals surface area contributed by atoms with Crippen LogP contribution in [0.2, 0.25) is 0 Å². The molecule has 2 amide bonds. The van der Waals surface area contributed by atoms with Crippen LogP contribution in [0.15, 0.2) is 30.3 Å². The van der Waals surface area contributed by atoms with E-state index in [-0.39, 0.29) is 24.7 Å². The van der Waals surface area contributed by atoms with Gasteiger partial charge < -0.3 is 30.6 Å². The summed E-state index contributed by atoms with van der Waals surface area (Å²) in [5.41, 5.74) is 6.15. The molecule has 8 heteroatoms. The van der Waals surface area contributed by atoms with Crippen molar-refractivity contribution >= 4 is 12.0 Å². The van der Waals surface area contributed by atoms with Gasteiger partial charge in [0.05, 0.1) is 25.4 Å². The zero-order valence-electron chi connectivity index (χ0n) is 24.6. The van der Waals surface area contributed by atoms with Crippen LogP contribution in [0.4, 0.5) is 4.79 Å². The third-order valence-electron chi connectivity index (χ3n) is 6.64. The molecule has 0 saturated heterocycles. The normalized spacial score (nSPS) is 12.7. The molecule has 0 aliphatic heterocycles. The Balaban J connectivity index is 2.57. The highest BCUT2D eigenvalue weighted by molar-refractivity contribution is 5.81.